The van der Waals surface area contributed by atoms with Crippen LogP contribution in [0.4, 0.5) is 0 Å². The standard InChI is InChI=1S/C13H20N2O2/c1-4-17-13(16)9-10(2)15-11(3)12-7-5-6-8-14-12/h5-8,10-11,15H,4,9H2,1-3H3. The molecule has 0 spiro atoms. The van der Waals surface area contributed by atoms with E-state index in [4.69, 9.17) is 4.74 Å². The van der Waals surface area contributed by atoms with E-state index in [9.17, 15) is 4.79 Å². The van der Waals surface area contributed by atoms with Gasteiger partial charge < -0.3 is 10.1 Å². The van der Waals surface area contributed by atoms with Crippen molar-refractivity contribution < 1.29 is 9.53 Å². The molecule has 0 amide bonds. The van der Waals surface area contributed by atoms with Crippen molar-refractivity contribution in [1.29, 1.82) is 0 Å². The topological polar surface area (TPSA) is 51.2 Å². The molecular weight excluding hydrogens is 216 g/mol. The van der Waals surface area contributed by atoms with Gasteiger partial charge in [-0.1, -0.05) is 6.07 Å². The SMILES string of the molecule is CCOC(=O)CC(C)NC(C)c1ccccn1. The molecule has 2 unspecified atom stereocenters. The zero-order valence-corrected chi connectivity index (χ0v) is 10.6. The van der Waals surface area contributed by atoms with Gasteiger partial charge in [-0.3, -0.25) is 9.78 Å². The van der Waals surface area contributed by atoms with Crippen molar-refractivity contribution in [2.45, 2.75) is 39.3 Å². The van der Waals surface area contributed by atoms with Gasteiger partial charge in [-0.25, -0.2) is 0 Å². The summed E-state index contributed by atoms with van der Waals surface area (Å²) in [4.78, 5) is 15.6. The van der Waals surface area contributed by atoms with Crippen LogP contribution in [0.1, 0.15) is 38.9 Å². The van der Waals surface area contributed by atoms with Crippen molar-refractivity contribution in [2.24, 2.45) is 0 Å². The lowest BCUT2D eigenvalue weighted by atomic mass is 10.1. The smallest absolute Gasteiger partial charge is 0.307 e. The van der Waals surface area contributed by atoms with E-state index in [-0.39, 0.29) is 18.1 Å². The minimum Gasteiger partial charge on any atom is -0.466 e. The number of aromatic nitrogens is 1. The van der Waals surface area contributed by atoms with Crippen LogP contribution in [0.5, 0.6) is 0 Å². The molecule has 1 aromatic heterocycles. The first-order valence-corrected chi connectivity index (χ1v) is 5.96. The van der Waals surface area contributed by atoms with Gasteiger partial charge in [0, 0.05) is 18.3 Å². The Bertz CT molecular complexity index is 341. The summed E-state index contributed by atoms with van der Waals surface area (Å²) >= 11 is 0. The maximum atomic E-state index is 11.3. The molecule has 1 rings (SSSR count). The lowest BCUT2D eigenvalue weighted by Gasteiger charge is -2.18. The molecule has 0 aliphatic heterocycles. The molecule has 1 aromatic rings. The van der Waals surface area contributed by atoms with Gasteiger partial charge in [-0.15, -0.1) is 0 Å². The Morgan fingerprint density at radius 3 is 2.82 bits per heavy atom. The maximum Gasteiger partial charge on any atom is 0.307 e. The van der Waals surface area contributed by atoms with Crippen LogP contribution < -0.4 is 5.32 Å². The molecule has 94 valence electrons. The van der Waals surface area contributed by atoms with Crippen molar-refractivity contribution in [3.8, 4) is 0 Å². The predicted octanol–water partition coefficient (Wildman–Crippen LogP) is 2.07. The second-order valence-electron chi connectivity index (χ2n) is 4.05. The first kappa shape index (κ1) is 13.6. The number of nitrogens with zero attached hydrogens (tertiary/aromatic N) is 1. The molecule has 0 fully saturated rings. The van der Waals surface area contributed by atoms with Crippen LogP contribution in [0, 0.1) is 0 Å². The van der Waals surface area contributed by atoms with Crippen LogP contribution >= 0.6 is 0 Å². The van der Waals surface area contributed by atoms with E-state index in [1.165, 1.54) is 0 Å². The van der Waals surface area contributed by atoms with Gasteiger partial charge in [0.2, 0.25) is 0 Å². The number of carbonyl (C=O) groups is 1. The number of pyridine rings is 1. The largest absolute Gasteiger partial charge is 0.466 e. The van der Waals surface area contributed by atoms with Crippen LogP contribution in [-0.2, 0) is 9.53 Å². The third-order valence-corrected chi connectivity index (χ3v) is 2.44. The highest BCUT2D eigenvalue weighted by atomic mass is 16.5. The number of carbonyl (C=O) groups excluding carboxylic acids is 1. The van der Waals surface area contributed by atoms with E-state index in [1.54, 1.807) is 6.20 Å². The van der Waals surface area contributed by atoms with Gasteiger partial charge in [0.05, 0.1) is 18.7 Å². The normalized spacial score (nSPS) is 14.1. The summed E-state index contributed by atoms with van der Waals surface area (Å²) < 4.78 is 4.91. The molecule has 0 radical (unpaired) electrons. The predicted molar refractivity (Wildman–Crippen MR) is 66.5 cm³/mol. The Morgan fingerprint density at radius 2 is 2.24 bits per heavy atom. The fraction of sp³-hybridized carbons (Fsp3) is 0.538. The zero-order chi connectivity index (χ0) is 12.7. The van der Waals surface area contributed by atoms with Crippen molar-refractivity contribution in [2.75, 3.05) is 6.61 Å². The molecule has 1 N–H and O–H groups in total. The fourth-order valence-corrected chi connectivity index (χ4v) is 1.67. The Morgan fingerprint density at radius 1 is 1.47 bits per heavy atom. The summed E-state index contributed by atoms with van der Waals surface area (Å²) in [5.74, 6) is -0.166. The maximum absolute atomic E-state index is 11.3. The monoisotopic (exact) mass is 236 g/mol. The number of hydrogen-bond donors (Lipinski definition) is 1. The first-order valence-electron chi connectivity index (χ1n) is 5.96. The van der Waals surface area contributed by atoms with E-state index < -0.39 is 0 Å². The second-order valence-corrected chi connectivity index (χ2v) is 4.05. The summed E-state index contributed by atoms with van der Waals surface area (Å²) in [7, 11) is 0. The van der Waals surface area contributed by atoms with E-state index in [1.807, 2.05) is 39.0 Å². The molecule has 17 heavy (non-hydrogen) atoms. The molecule has 0 saturated heterocycles. The lowest BCUT2D eigenvalue weighted by molar-refractivity contribution is -0.143. The molecule has 0 bridgehead atoms. The highest BCUT2D eigenvalue weighted by molar-refractivity contribution is 5.70. The summed E-state index contributed by atoms with van der Waals surface area (Å²) in [5.41, 5.74) is 0.975. The van der Waals surface area contributed by atoms with Gasteiger partial charge in [0.1, 0.15) is 0 Å². The Kier molecular flexibility index (Phi) is 5.63. The van der Waals surface area contributed by atoms with Crippen molar-refractivity contribution in [1.82, 2.24) is 10.3 Å². The molecule has 2 atom stereocenters. The Labute approximate surface area is 102 Å². The average Bonchev–Trinajstić information content (AvgIpc) is 2.30. The number of hydrogen-bond acceptors (Lipinski definition) is 4. The van der Waals surface area contributed by atoms with Gasteiger partial charge in [-0.2, -0.15) is 0 Å². The van der Waals surface area contributed by atoms with Gasteiger partial charge in [0.25, 0.3) is 0 Å². The summed E-state index contributed by atoms with van der Waals surface area (Å²) in [6, 6.07) is 6.01. The molecular formula is C13H20N2O2. The molecule has 0 saturated carbocycles. The minimum atomic E-state index is -0.166. The molecule has 1 heterocycles. The van der Waals surface area contributed by atoms with E-state index in [0.717, 1.165) is 5.69 Å². The molecule has 0 aliphatic rings. The van der Waals surface area contributed by atoms with Gasteiger partial charge in [0.15, 0.2) is 0 Å². The van der Waals surface area contributed by atoms with Crippen LogP contribution in [0.2, 0.25) is 0 Å². The van der Waals surface area contributed by atoms with Crippen LogP contribution in [-0.4, -0.2) is 23.6 Å². The third kappa shape index (κ3) is 4.95. The molecule has 4 heteroatoms. The second kappa shape index (κ2) is 7.01. The van der Waals surface area contributed by atoms with Crippen LogP contribution in [0.3, 0.4) is 0 Å². The highest BCUT2D eigenvalue weighted by Crippen LogP contribution is 2.10. The number of esters is 1. The van der Waals surface area contributed by atoms with Crippen LogP contribution in [0.15, 0.2) is 24.4 Å². The summed E-state index contributed by atoms with van der Waals surface area (Å²) in [5, 5.41) is 3.32. The first-order chi connectivity index (χ1) is 8.13. The van der Waals surface area contributed by atoms with Gasteiger partial charge in [-0.05, 0) is 32.9 Å². The van der Waals surface area contributed by atoms with Crippen molar-refractivity contribution >= 4 is 5.97 Å². The Balaban J connectivity index is 2.41. The van der Waals surface area contributed by atoms with E-state index >= 15 is 0 Å². The third-order valence-electron chi connectivity index (χ3n) is 2.44. The van der Waals surface area contributed by atoms with E-state index in [0.29, 0.717) is 13.0 Å². The average molecular weight is 236 g/mol. The van der Waals surface area contributed by atoms with Crippen LogP contribution in [0.25, 0.3) is 0 Å². The van der Waals surface area contributed by atoms with Crippen molar-refractivity contribution in [3.05, 3.63) is 30.1 Å². The molecule has 4 nitrogen and oxygen atoms in total. The highest BCUT2D eigenvalue weighted by Gasteiger charge is 2.13. The quantitative estimate of drug-likeness (QED) is 0.768. The zero-order valence-electron chi connectivity index (χ0n) is 10.6. The van der Waals surface area contributed by atoms with Gasteiger partial charge >= 0.3 is 5.97 Å². The minimum absolute atomic E-state index is 0.0751. The summed E-state index contributed by atoms with van der Waals surface area (Å²) in [6.07, 6.45) is 2.15. The number of rotatable bonds is 6. The fourth-order valence-electron chi connectivity index (χ4n) is 1.67. The molecule has 0 aromatic carbocycles. The molecule has 0 aliphatic carbocycles. The number of ether oxygens (including phenoxy) is 1. The van der Waals surface area contributed by atoms with E-state index in [2.05, 4.69) is 10.3 Å². The Hall–Kier alpha value is -1.42. The lowest BCUT2D eigenvalue weighted by Crippen LogP contribution is -2.31. The number of nitrogens with one attached hydrogen (secondary N) is 1. The summed E-state index contributed by atoms with van der Waals surface area (Å²) in [6.45, 7) is 6.24. The van der Waals surface area contributed by atoms with Crippen molar-refractivity contribution in [3.63, 3.8) is 0 Å².